The van der Waals surface area contributed by atoms with E-state index in [1.165, 1.54) is 18.2 Å². The maximum absolute atomic E-state index is 12.2. The Hall–Kier alpha value is -3.03. The number of carbonyl (C=O) groups excluding carboxylic acids is 1. The second-order valence-electron chi connectivity index (χ2n) is 5.88. The average molecular weight is 381 g/mol. The minimum absolute atomic E-state index is 0.0169. The van der Waals surface area contributed by atoms with Gasteiger partial charge in [0.2, 0.25) is 5.91 Å². The van der Waals surface area contributed by atoms with Crippen LogP contribution in [-0.4, -0.2) is 35.8 Å². The van der Waals surface area contributed by atoms with Gasteiger partial charge < -0.3 is 15.2 Å². The first kappa shape index (κ1) is 20.3. The molecule has 1 amide bonds. The third-order valence-electron chi connectivity index (χ3n) is 3.58. The number of carboxylic acid groups (broad SMARTS) is 1. The number of carbonyl (C=O) groups is 2. The Morgan fingerprint density at radius 3 is 2.33 bits per heavy atom. The minimum Gasteiger partial charge on any atom is -0.484 e. The quantitative estimate of drug-likeness (QED) is 0.737. The molecule has 8 heteroatoms. The Morgan fingerprint density at radius 2 is 1.70 bits per heavy atom. The molecule has 0 bridgehead atoms. The normalized spacial score (nSPS) is 12.3. The largest absolute Gasteiger partial charge is 0.484 e. The highest BCUT2D eigenvalue weighted by Crippen LogP contribution is 2.19. The highest BCUT2D eigenvalue weighted by atomic mass is 19.4. The van der Waals surface area contributed by atoms with Crippen LogP contribution in [0.3, 0.4) is 0 Å². The van der Waals surface area contributed by atoms with Crippen LogP contribution >= 0.6 is 0 Å². The summed E-state index contributed by atoms with van der Waals surface area (Å²) in [6.45, 7) is -1.43. The molecule has 0 fully saturated rings. The van der Waals surface area contributed by atoms with Crippen molar-refractivity contribution in [1.29, 1.82) is 0 Å². The molecule has 0 spiro atoms. The summed E-state index contributed by atoms with van der Waals surface area (Å²) in [5, 5.41) is 11.7. The van der Waals surface area contributed by atoms with Crippen LogP contribution in [0, 0.1) is 0 Å². The fourth-order valence-electron chi connectivity index (χ4n) is 2.39. The maximum atomic E-state index is 12.2. The molecule has 0 heterocycles. The van der Waals surface area contributed by atoms with Gasteiger partial charge in [-0.3, -0.25) is 4.79 Å². The molecule has 2 aromatic rings. The van der Waals surface area contributed by atoms with Gasteiger partial charge in [-0.15, -0.1) is 0 Å². The molecule has 0 aliphatic heterocycles. The number of nitrogens with one attached hydrogen (secondary N) is 1. The molecule has 2 N–H and O–H groups in total. The summed E-state index contributed by atoms with van der Waals surface area (Å²) in [6, 6.07) is 13.4. The molecule has 1 atom stereocenters. The molecule has 5 nitrogen and oxygen atoms in total. The molecular formula is C19H18F3NO4. The van der Waals surface area contributed by atoms with Crippen molar-refractivity contribution in [2.75, 3.05) is 6.61 Å². The van der Waals surface area contributed by atoms with Crippen molar-refractivity contribution < 1.29 is 32.6 Å². The second kappa shape index (κ2) is 9.07. The number of benzene rings is 2. The van der Waals surface area contributed by atoms with Crippen molar-refractivity contribution in [3.63, 3.8) is 0 Å². The number of rotatable bonds is 8. The molecule has 0 aliphatic rings. The fourth-order valence-corrected chi connectivity index (χ4v) is 2.39. The van der Waals surface area contributed by atoms with E-state index in [0.29, 0.717) is 5.56 Å². The van der Waals surface area contributed by atoms with Gasteiger partial charge in [-0.2, -0.15) is 13.2 Å². The lowest BCUT2D eigenvalue weighted by Crippen LogP contribution is -2.43. The Labute approximate surface area is 153 Å². The van der Waals surface area contributed by atoms with Crippen LogP contribution in [0.2, 0.25) is 0 Å². The Morgan fingerprint density at radius 1 is 1.04 bits per heavy atom. The molecule has 0 unspecified atom stereocenters. The van der Waals surface area contributed by atoms with Gasteiger partial charge in [0.25, 0.3) is 0 Å². The standard InChI is InChI=1S/C19H18F3NO4/c20-19(21,22)12-27-15-8-4-7-14(9-15)11-17(24)23-16(18(25)26)10-13-5-2-1-3-6-13/h1-9,16H,10-12H2,(H,23,24)(H,25,26)/t16-/m1/s1. The minimum atomic E-state index is -4.46. The predicted octanol–water partition coefficient (Wildman–Crippen LogP) is 2.98. The molecular weight excluding hydrogens is 363 g/mol. The van der Waals surface area contributed by atoms with Crippen molar-refractivity contribution in [1.82, 2.24) is 5.32 Å². The molecule has 0 aliphatic carbocycles. The summed E-state index contributed by atoms with van der Waals surface area (Å²) >= 11 is 0. The molecule has 27 heavy (non-hydrogen) atoms. The van der Waals surface area contributed by atoms with E-state index in [0.717, 1.165) is 5.56 Å². The van der Waals surface area contributed by atoms with Gasteiger partial charge >= 0.3 is 12.1 Å². The summed E-state index contributed by atoms with van der Waals surface area (Å²) in [5.74, 6) is -1.74. The lowest BCUT2D eigenvalue weighted by Gasteiger charge is -2.15. The van der Waals surface area contributed by atoms with Crippen molar-refractivity contribution in [3.05, 3.63) is 65.7 Å². The Balaban J connectivity index is 1.96. The third kappa shape index (κ3) is 7.39. The number of amides is 1. The number of alkyl halides is 3. The van der Waals surface area contributed by atoms with E-state index in [1.807, 2.05) is 0 Å². The van der Waals surface area contributed by atoms with Crippen molar-refractivity contribution >= 4 is 11.9 Å². The number of carboxylic acids is 1. The highest BCUT2D eigenvalue weighted by molar-refractivity contribution is 5.85. The van der Waals surface area contributed by atoms with Gasteiger partial charge in [0.15, 0.2) is 6.61 Å². The summed E-state index contributed by atoms with van der Waals surface area (Å²) in [7, 11) is 0. The number of hydrogen-bond acceptors (Lipinski definition) is 3. The second-order valence-corrected chi connectivity index (χ2v) is 5.88. The van der Waals surface area contributed by atoms with Gasteiger partial charge in [0.1, 0.15) is 11.8 Å². The molecule has 0 saturated heterocycles. The first-order valence-electron chi connectivity index (χ1n) is 8.07. The molecule has 2 aromatic carbocycles. The van der Waals surface area contributed by atoms with E-state index in [1.54, 1.807) is 36.4 Å². The Kier molecular flexibility index (Phi) is 6.81. The lowest BCUT2D eigenvalue weighted by atomic mass is 10.1. The van der Waals surface area contributed by atoms with Crippen LogP contribution in [0.15, 0.2) is 54.6 Å². The van der Waals surface area contributed by atoms with Crippen LogP contribution in [0.4, 0.5) is 13.2 Å². The number of hydrogen-bond donors (Lipinski definition) is 2. The van der Waals surface area contributed by atoms with Crippen molar-refractivity contribution in [3.8, 4) is 5.75 Å². The van der Waals surface area contributed by atoms with Crippen LogP contribution in [-0.2, 0) is 22.4 Å². The lowest BCUT2D eigenvalue weighted by molar-refractivity contribution is -0.153. The number of aliphatic carboxylic acids is 1. The zero-order valence-electron chi connectivity index (χ0n) is 14.2. The third-order valence-corrected chi connectivity index (χ3v) is 3.58. The number of halogens is 3. The van der Waals surface area contributed by atoms with Crippen molar-refractivity contribution in [2.45, 2.75) is 25.1 Å². The zero-order valence-corrected chi connectivity index (χ0v) is 14.2. The first-order chi connectivity index (χ1) is 12.7. The summed E-state index contributed by atoms with van der Waals surface area (Å²) in [4.78, 5) is 23.5. The topological polar surface area (TPSA) is 75.6 Å². The van der Waals surface area contributed by atoms with E-state index in [-0.39, 0.29) is 18.6 Å². The molecule has 0 radical (unpaired) electrons. The summed E-state index contributed by atoms with van der Waals surface area (Å²) in [6.07, 6.45) is -4.52. The van der Waals surface area contributed by atoms with E-state index in [4.69, 9.17) is 0 Å². The number of ether oxygens (including phenoxy) is 1. The monoisotopic (exact) mass is 381 g/mol. The predicted molar refractivity (Wildman–Crippen MR) is 91.4 cm³/mol. The van der Waals surface area contributed by atoms with Crippen LogP contribution in [0.1, 0.15) is 11.1 Å². The average Bonchev–Trinajstić information content (AvgIpc) is 2.60. The smallest absolute Gasteiger partial charge is 0.422 e. The van der Waals surface area contributed by atoms with Gasteiger partial charge in [0, 0.05) is 6.42 Å². The van der Waals surface area contributed by atoms with Crippen LogP contribution < -0.4 is 10.1 Å². The van der Waals surface area contributed by atoms with E-state index >= 15 is 0 Å². The van der Waals surface area contributed by atoms with Crippen LogP contribution in [0.25, 0.3) is 0 Å². The highest BCUT2D eigenvalue weighted by Gasteiger charge is 2.28. The fraction of sp³-hybridized carbons (Fsp3) is 0.263. The van der Waals surface area contributed by atoms with E-state index in [2.05, 4.69) is 10.1 Å². The van der Waals surface area contributed by atoms with Crippen LogP contribution in [0.5, 0.6) is 5.75 Å². The molecule has 0 aromatic heterocycles. The Bertz CT molecular complexity index is 778. The first-order valence-corrected chi connectivity index (χ1v) is 8.07. The van der Waals surface area contributed by atoms with Gasteiger partial charge in [-0.25, -0.2) is 4.79 Å². The maximum Gasteiger partial charge on any atom is 0.422 e. The molecule has 0 saturated carbocycles. The van der Waals surface area contributed by atoms with Gasteiger partial charge in [-0.05, 0) is 23.3 Å². The SMILES string of the molecule is O=C(Cc1cccc(OCC(F)(F)F)c1)N[C@H](Cc1ccccc1)C(=O)O. The van der Waals surface area contributed by atoms with Gasteiger partial charge in [0.05, 0.1) is 6.42 Å². The van der Waals surface area contributed by atoms with Crippen molar-refractivity contribution in [2.24, 2.45) is 0 Å². The van der Waals surface area contributed by atoms with E-state index < -0.39 is 30.7 Å². The van der Waals surface area contributed by atoms with Gasteiger partial charge in [-0.1, -0.05) is 42.5 Å². The summed E-state index contributed by atoms with van der Waals surface area (Å²) < 4.78 is 41.3. The molecule has 144 valence electrons. The van der Waals surface area contributed by atoms with E-state index in [9.17, 15) is 27.9 Å². The summed E-state index contributed by atoms with van der Waals surface area (Å²) in [5.41, 5.74) is 1.17. The molecule has 2 rings (SSSR count). The zero-order chi connectivity index (χ0) is 19.9.